The molecule has 0 aromatic heterocycles. The molecule has 4 heteroatoms. The van der Waals surface area contributed by atoms with Gasteiger partial charge in [-0.1, -0.05) is 60.7 Å². The third-order valence-corrected chi connectivity index (χ3v) is 7.15. The number of β-amino-alcohol motifs (C(OH)–C–C–N with tert-alkyl or cyclic N) is 1. The van der Waals surface area contributed by atoms with Crippen molar-refractivity contribution in [3.05, 3.63) is 60.7 Å². The molecule has 1 fully saturated rings. The second-order valence-corrected chi connectivity index (χ2v) is 8.44. The van der Waals surface area contributed by atoms with Crippen LogP contribution in [0.5, 0.6) is 0 Å². The zero-order valence-electron chi connectivity index (χ0n) is 13.6. The fourth-order valence-electron chi connectivity index (χ4n) is 3.21. The van der Waals surface area contributed by atoms with Gasteiger partial charge in [0.05, 0.1) is 6.10 Å². The Morgan fingerprint density at radius 1 is 1.09 bits per heavy atom. The Hall–Kier alpha value is -1.25. The summed E-state index contributed by atoms with van der Waals surface area (Å²) in [5.41, 5.74) is 0. The lowest BCUT2D eigenvalue weighted by atomic mass is 10.3. The highest BCUT2D eigenvalue weighted by Crippen LogP contribution is 2.38. The first-order valence-electron chi connectivity index (χ1n) is 8.25. The quantitative estimate of drug-likeness (QED) is 0.793. The van der Waals surface area contributed by atoms with Crippen molar-refractivity contribution >= 4 is 18.5 Å². The summed E-state index contributed by atoms with van der Waals surface area (Å²) in [4.78, 5) is 2.38. The molecule has 1 aliphatic rings. The van der Waals surface area contributed by atoms with Gasteiger partial charge in [0, 0.05) is 25.4 Å². The van der Waals surface area contributed by atoms with E-state index in [4.69, 9.17) is 0 Å². The lowest BCUT2D eigenvalue weighted by molar-refractivity contribution is 0.176. The first-order valence-corrected chi connectivity index (χ1v) is 9.66. The maximum Gasteiger partial charge on any atom is 0.0679 e. The molecule has 0 bridgehead atoms. The molecule has 0 spiro atoms. The molecule has 0 unspecified atom stereocenters. The van der Waals surface area contributed by atoms with Crippen LogP contribution in [0.1, 0.15) is 6.42 Å². The van der Waals surface area contributed by atoms with Crippen molar-refractivity contribution in [3.8, 4) is 0 Å². The maximum absolute atomic E-state index is 9.80. The molecule has 2 aromatic rings. The molecular weight excluding hydrogens is 303 g/mol. The summed E-state index contributed by atoms with van der Waals surface area (Å²) >= 11 is 0. The Labute approximate surface area is 140 Å². The first-order chi connectivity index (χ1) is 11.3. The number of hydrogen-bond donors (Lipinski definition) is 2. The minimum atomic E-state index is -0.479. The lowest BCUT2D eigenvalue weighted by Gasteiger charge is -2.31. The minimum Gasteiger partial charge on any atom is -0.392 e. The summed E-state index contributed by atoms with van der Waals surface area (Å²) in [5.74, 6) is 0.375. The van der Waals surface area contributed by atoms with Gasteiger partial charge in [-0.05, 0) is 32.0 Å². The molecule has 2 aromatic carbocycles. The molecule has 1 heterocycles. The molecule has 23 heavy (non-hydrogen) atoms. The zero-order valence-corrected chi connectivity index (χ0v) is 14.5. The van der Waals surface area contributed by atoms with Crippen molar-refractivity contribution in [3.63, 3.8) is 0 Å². The summed E-state index contributed by atoms with van der Waals surface area (Å²) in [7, 11) is 1.57. The Morgan fingerprint density at radius 3 is 2.09 bits per heavy atom. The number of benzene rings is 2. The smallest absolute Gasteiger partial charge is 0.0679 e. The van der Waals surface area contributed by atoms with E-state index in [2.05, 4.69) is 77.9 Å². The van der Waals surface area contributed by atoms with Gasteiger partial charge in [-0.2, -0.15) is 0 Å². The second kappa shape index (κ2) is 8.03. The molecule has 2 N–H and O–H groups in total. The van der Waals surface area contributed by atoms with Crippen LogP contribution in [0.2, 0.25) is 0 Å². The highest BCUT2D eigenvalue weighted by molar-refractivity contribution is 7.73. The van der Waals surface area contributed by atoms with Crippen molar-refractivity contribution < 1.29 is 5.11 Å². The standard InChI is InChI=1S/C19H25N2OP/c1-20-19(15-21-13-12-16(22)14-21)23(17-8-4-2-5-9-17)18-10-6-3-7-11-18/h2-11,16,19-20,22H,12-15H2,1H3/t16-,19-/m0/s1. The number of aliphatic hydroxyl groups is 1. The largest absolute Gasteiger partial charge is 0.392 e. The number of hydrogen-bond acceptors (Lipinski definition) is 3. The number of rotatable bonds is 6. The van der Waals surface area contributed by atoms with E-state index >= 15 is 0 Å². The van der Waals surface area contributed by atoms with Gasteiger partial charge in [-0.15, -0.1) is 0 Å². The first kappa shape index (κ1) is 16.6. The Morgan fingerprint density at radius 2 is 1.65 bits per heavy atom. The van der Waals surface area contributed by atoms with Crippen molar-refractivity contribution in [2.75, 3.05) is 26.7 Å². The Kier molecular flexibility index (Phi) is 5.80. The van der Waals surface area contributed by atoms with Crippen molar-refractivity contribution in [1.29, 1.82) is 0 Å². The van der Waals surface area contributed by atoms with Gasteiger partial charge in [-0.3, -0.25) is 4.90 Å². The molecule has 0 radical (unpaired) electrons. The third-order valence-electron chi connectivity index (χ3n) is 4.39. The van der Waals surface area contributed by atoms with Gasteiger partial charge in [-0.25, -0.2) is 0 Å². The topological polar surface area (TPSA) is 35.5 Å². The average molecular weight is 328 g/mol. The highest BCUT2D eigenvalue weighted by atomic mass is 31.1. The van der Waals surface area contributed by atoms with Crippen molar-refractivity contribution in [1.82, 2.24) is 10.2 Å². The number of nitrogens with one attached hydrogen (secondary N) is 1. The predicted octanol–water partition coefficient (Wildman–Crippen LogP) is 1.73. The van der Waals surface area contributed by atoms with Gasteiger partial charge < -0.3 is 10.4 Å². The Balaban J connectivity index is 1.87. The summed E-state index contributed by atoms with van der Waals surface area (Å²) in [6.45, 7) is 2.76. The van der Waals surface area contributed by atoms with Gasteiger partial charge in [0.1, 0.15) is 0 Å². The molecule has 3 nitrogen and oxygen atoms in total. The lowest BCUT2D eigenvalue weighted by Crippen LogP contribution is -2.41. The number of likely N-dealkylation sites (N-methyl/N-ethyl adjacent to an activating group) is 1. The normalized spacial score (nSPS) is 20.0. The van der Waals surface area contributed by atoms with E-state index < -0.39 is 7.92 Å². The molecule has 2 atom stereocenters. The average Bonchev–Trinajstić information content (AvgIpc) is 3.01. The van der Waals surface area contributed by atoms with E-state index in [0.29, 0.717) is 5.78 Å². The fraction of sp³-hybridized carbons (Fsp3) is 0.368. The van der Waals surface area contributed by atoms with Crippen LogP contribution in [0.25, 0.3) is 0 Å². The molecule has 0 amide bonds. The molecular formula is C19H25N2OP. The minimum absolute atomic E-state index is 0.160. The van der Waals surface area contributed by atoms with E-state index in [1.54, 1.807) is 0 Å². The van der Waals surface area contributed by atoms with Crippen LogP contribution in [0.15, 0.2) is 60.7 Å². The van der Waals surface area contributed by atoms with Crippen molar-refractivity contribution in [2.45, 2.75) is 18.3 Å². The summed E-state index contributed by atoms with van der Waals surface area (Å²) in [6, 6.07) is 21.6. The Bertz CT molecular complexity index is 553. The van der Waals surface area contributed by atoms with Gasteiger partial charge in [0.2, 0.25) is 0 Å². The van der Waals surface area contributed by atoms with Crippen molar-refractivity contribution in [2.24, 2.45) is 0 Å². The van der Waals surface area contributed by atoms with E-state index in [1.807, 2.05) is 0 Å². The number of nitrogens with zero attached hydrogens (tertiary/aromatic N) is 1. The second-order valence-electron chi connectivity index (χ2n) is 6.05. The summed E-state index contributed by atoms with van der Waals surface area (Å²) in [5, 5.41) is 16.1. The summed E-state index contributed by atoms with van der Waals surface area (Å²) in [6.07, 6.45) is 0.734. The van der Waals surface area contributed by atoms with Gasteiger partial charge >= 0.3 is 0 Å². The molecule has 3 rings (SSSR count). The van der Waals surface area contributed by atoms with Crippen LogP contribution >= 0.6 is 7.92 Å². The molecule has 122 valence electrons. The zero-order chi connectivity index (χ0) is 16.1. The summed E-state index contributed by atoms with van der Waals surface area (Å²) < 4.78 is 0. The number of aliphatic hydroxyl groups excluding tert-OH is 1. The van der Waals surface area contributed by atoms with E-state index in [9.17, 15) is 5.11 Å². The predicted molar refractivity (Wildman–Crippen MR) is 99.0 cm³/mol. The maximum atomic E-state index is 9.80. The highest BCUT2D eigenvalue weighted by Gasteiger charge is 2.28. The van der Waals surface area contributed by atoms with E-state index in [0.717, 1.165) is 26.1 Å². The number of likely N-dealkylation sites (tertiary alicyclic amines) is 1. The van der Waals surface area contributed by atoms with Crippen LogP contribution in [-0.4, -0.2) is 48.6 Å². The van der Waals surface area contributed by atoms with Crippen LogP contribution < -0.4 is 15.9 Å². The third kappa shape index (κ3) is 4.19. The van der Waals surface area contributed by atoms with Crippen LogP contribution in [-0.2, 0) is 0 Å². The van der Waals surface area contributed by atoms with Gasteiger partial charge in [0.25, 0.3) is 0 Å². The SMILES string of the molecule is CN[C@H](CN1CC[C@H](O)C1)P(c1ccccc1)c1ccccc1. The van der Waals surface area contributed by atoms with Crippen LogP contribution in [0.3, 0.4) is 0 Å². The van der Waals surface area contributed by atoms with E-state index in [-0.39, 0.29) is 6.10 Å². The van der Waals surface area contributed by atoms with Gasteiger partial charge in [0.15, 0.2) is 0 Å². The molecule has 1 saturated heterocycles. The van der Waals surface area contributed by atoms with Crippen LogP contribution in [0.4, 0.5) is 0 Å². The molecule has 1 aliphatic heterocycles. The molecule has 0 saturated carbocycles. The monoisotopic (exact) mass is 328 g/mol. The fourth-order valence-corrected chi connectivity index (χ4v) is 5.87. The molecule has 0 aliphatic carbocycles. The van der Waals surface area contributed by atoms with Crippen LogP contribution in [0, 0.1) is 0 Å². The van der Waals surface area contributed by atoms with E-state index in [1.165, 1.54) is 10.6 Å².